The Labute approximate surface area is 180 Å². The van der Waals surface area contributed by atoms with Crippen LogP contribution >= 0.6 is 35.3 Å². The number of rotatable bonds is 7. The van der Waals surface area contributed by atoms with Crippen LogP contribution < -0.4 is 10.6 Å². The lowest BCUT2D eigenvalue weighted by Crippen LogP contribution is -2.36. The van der Waals surface area contributed by atoms with Gasteiger partial charge in [0.05, 0.1) is 0 Å². The van der Waals surface area contributed by atoms with E-state index in [4.69, 9.17) is 4.52 Å². The van der Waals surface area contributed by atoms with Crippen LogP contribution in [-0.2, 0) is 19.5 Å². The second-order valence-electron chi connectivity index (χ2n) is 5.88. The Morgan fingerprint density at radius 2 is 2.00 bits per heavy atom. The first-order valence-corrected chi connectivity index (χ1v) is 9.60. The van der Waals surface area contributed by atoms with Gasteiger partial charge in [-0.1, -0.05) is 24.2 Å². The highest BCUT2D eigenvalue weighted by Crippen LogP contribution is 2.19. The third-order valence-corrected chi connectivity index (χ3v) is 4.57. The number of aromatic nitrogens is 2. The predicted octanol–water partition coefficient (Wildman–Crippen LogP) is 4.23. The smallest absolute Gasteiger partial charge is 0.257 e. The molecule has 0 fully saturated rings. The molecular formula is C19H24IN5OS. The highest BCUT2D eigenvalue weighted by Gasteiger charge is 2.09. The number of guanidine groups is 1. The van der Waals surface area contributed by atoms with Crippen molar-refractivity contribution in [2.75, 3.05) is 7.05 Å². The minimum Gasteiger partial charge on any atom is -0.352 e. The molecule has 0 amide bonds. The highest BCUT2D eigenvalue weighted by molar-refractivity contribution is 14.0. The molecule has 27 heavy (non-hydrogen) atoms. The van der Waals surface area contributed by atoms with Crippen molar-refractivity contribution in [3.63, 3.8) is 0 Å². The van der Waals surface area contributed by atoms with Gasteiger partial charge in [0.25, 0.3) is 5.89 Å². The van der Waals surface area contributed by atoms with Gasteiger partial charge in [0.15, 0.2) is 11.8 Å². The maximum absolute atomic E-state index is 5.37. The molecule has 0 saturated carbocycles. The van der Waals surface area contributed by atoms with Crippen LogP contribution in [-0.4, -0.2) is 23.1 Å². The summed E-state index contributed by atoms with van der Waals surface area (Å²) in [5, 5.41) is 14.9. The van der Waals surface area contributed by atoms with Crippen molar-refractivity contribution in [3.8, 4) is 11.5 Å². The lowest BCUT2D eigenvalue weighted by atomic mass is 10.1. The van der Waals surface area contributed by atoms with Crippen molar-refractivity contribution >= 4 is 41.3 Å². The van der Waals surface area contributed by atoms with Gasteiger partial charge in [-0.15, -0.1) is 24.0 Å². The fourth-order valence-electron chi connectivity index (χ4n) is 2.50. The number of aliphatic imine (C=N–C) groups is 1. The lowest BCUT2D eigenvalue weighted by Gasteiger charge is -2.11. The fraction of sp³-hybridized carbons (Fsp3) is 0.316. The Morgan fingerprint density at radius 1 is 1.19 bits per heavy atom. The topological polar surface area (TPSA) is 75.3 Å². The average molecular weight is 497 g/mol. The molecule has 0 saturated heterocycles. The number of nitrogens with zero attached hydrogens (tertiary/aromatic N) is 3. The van der Waals surface area contributed by atoms with E-state index in [1.54, 1.807) is 18.4 Å². The predicted molar refractivity (Wildman–Crippen MR) is 121 cm³/mol. The van der Waals surface area contributed by atoms with E-state index < -0.39 is 0 Å². The van der Waals surface area contributed by atoms with E-state index in [1.165, 1.54) is 5.56 Å². The SMILES string of the molecule is CCCc1noc(-c2cccc(CNC(=NC)NCc3ccsc3)c2)n1.I. The van der Waals surface area contributed by atoms with Crippen LogP contribution in [0.1, 0.15) is 30.3 Å². The van der Waals surface area contributed by atoms with Crippen molar-refractivity contribution < 1.29 is 4.52 Å². The van der Waals surface area contributed by atoms with E-state index in [0.29, 0.717) is 12.4 Å². The summed E-state index contributed by atoms with van der Waals surface area (Å²) in [7, 11) is 1.77. The molecule has 0 aliphatic rings. The second kappa shape index (κ2) is 11.0. The minimum atomic E-state index is 0. The number of hydrogen-bond acceptors (Lipinski definition) is 5. The van der Waals surface area contributed by atoms with Gasteiger partial charge < -0.3 is 15.2 Å². The number of nitrogens with one attached hydrogen (secondary N) is 2. The zero-order chi connectivity index (χ0) is 18.2. The van der Waals surface area contributed by atoms with Crippen molar-refractivity contribution in [2.45, 2.75) is 32.9 Å². The summed E-state index contributed by atoms with van der Waals surface area (Å²) in [4.78, 5) is 8.71. The summed E-state index contributed by atoms with van der Waals surface area (Å²) in [6.07, 6.45) is 1.83. The van der Waals surface area contributed by atoms with Crippen molar-refractivity contribution in [2.24, 2.45) is 4.99 Å². The van der Waals surface area contributed by atoms with E-state index in [9.17, 15) is 0 Å². The molecule has 0 spiro atoms. The highest BCUT2D eigenvalue weighted by atomic mass is 127. The van der Waals surface area contributed by atoms with Crippen LogP contribution in [0.2, 0.25) is 0 Å². The molecule has 0 radical (unpaired) electrons. The van der Waals surface area contributed by atoms with E-state index in [0.717, 1.165) is 42.3 Å². The summed E-state index contributed by atoms with van der Waals surface area (Å²) in [6, 6.07) is 10.2. The largest absolute Gasteiger partial charge is 0.352 e. The van der Waals surface area contributed by atoms with Crippen LogP contribution in [0.15, 0.2) is 50.6 Å². The summed E-state index contributed by atoms with van der Waals surface area (Å²) in [5.74, 6) is 2.09. The first-order chi connectivity index (χ1) is 12.8. The summed E-state index contributed by atoms with van der Waals surface area (Å²) >= 11 is 1.69. The fourth-order valence-corrected chi connectivity index (χ4v) is 3.16. The molecule has 1 aromatic carbocycles. The quantitative estimate of drug-likeness (QED) is 0.290. The maximum atomic E-state index is 5.37. The first kappa shape index (κ1) is 21.4. The van der Waals surface area contributed by atoms with Crippen LogP contribution in [0.5, 0.6) is 0 Å². The number of halogens is 1. The second-order valence-corrected chi connectivity index (χ2v) is 6.66. The molecule has 144 valence electrons. The van der Waals surface area contributed by atoms with E-state index in [1.807, 2.05) is 12.1 Å². The van der Waals surface area contributed by atoms with Crippen molar-refractivity contribution in [1.82, 2.24) is 20.8 Å². The molecule has 0 unspecified atom stereocenters. The zero-order valence-corrected chi connectivity index (χ0v) is 18.6. The lowest BCUT2D eigenvalue weighted by molar-refractivity contribution is 0.422. The van der Waals surface area contributed by atoms with Gasteiger partial charge in [0.1, 0.15) is 0 Å². The number of thiophene rings is 1. The Kier molecular flexibility index (Phi) is 8.73. The summed E-state index contributed by atoms with van der Waals surface area (Å²) in [5.41, 5.74) is 3.30. The van der Waals surface area contributed by atoms with Crippen molar-refractivity contribution in [1.29, 1.82) is 0 Å². The molecule has 3 rings (SSSR count). The molecule has 3 aromatic rings. The minimum absolute atomic E-state index is 0. The number of hydrogen-bond donors (Lipinski definition) is 2. The normalized spacial score (nSPS) is 11.1. The molecule has 2 N–H and O–H groups in total. The Balaban J connectivity index is 0.00000261. The van der Waals surface area contributed by atoms with Crippen LogP contribution in [0.25, 0.3) is 11.5 Å². The zero-order valence-electron chi connectivity index (χ0n) is 15.4. The average Bonchev–Trinajstić information content (AvgIpc) is 3.34. The number of benzene rings is 1. The Morgan fingerprint density at radius 3 is 2.70 bits per heavy atom. The standard InChI is InChI=1S/C19H23N5OS.HI/c1-3-5-17-23-18(25-24-17)16-7-4-6-14(10-16)11-21-19(20-2)22-12-15-8-9-26-13-15;/h4,6-10,13H,3,5,11-12H2,1-2H3,(H2,20,21,22);1H. The van der Waals surface area contributed by atoms with Crippen molar-refractivity contribution in [3.05, 3.63) is 58.0 Å². The molecule has 0 aliphatic heterocycles. The third kappa shape index (κ3) is 6.31. The third-order valence-electron chi connectivity index (χ3n) is 3.84. The van der Waals surface area contributed by atoms with Gasteiger partial charge in [-0.25, -0.2) is 0 Å². The van der Waals surface area contributed by atoms with Gasteiger partial charge in [0.2, 0.25) is 0 Å². The maximum Gasteiger partial charge on any atom is 0.257 e. The molecule has 2 heterocycles. The van der Waals surface area contributed by atoms with E-state index in [2.05, 4.69) is 61.6 Å². The van der Waals surface area contributed by atoms with Gasteiger partial charge in [0, 0.05) is 32.1 Å². The molecule has 8 heteroatoms. The van der Waals surface area contributed by atoms with Crippen LogP contribution in [0, 0.1) is 0 Å². The summed E-state index contributed by atoms with van der Waals surface area (Å²) < 4.78 is 5.37. The molecule has 6 nitrogen and oxygen atoms in total. The van der Waals surface area contributed by atoms with Gasteiger partial charge in [-0.3, -0.25) is 4.99 Å². The summed E-state index contributed by atoms with van der Waals surface area (Å²) in [6.45, 7) is 3.51. The molecule has 0 bridgehead atoms. The van der Waals surface area contributed by atoms with Gasteiger partial charge in [-0.2, -0.15) is 16.3 Å². The van der Waals surface area contributed by atoms with Gasteiger partial charge in [-0.05, 0) is 46.5 Å². The first-order valence-electron chi connectivity index (χ1n) is 8.66. The van der Waals surface area contributed by atoms with Crippen LogP contribution in [0.4, 0.5) is 0 Å². The monoisotopic (exact) mass is 497 g/mol. The number of aryl methyl sites for hydroxylation is 1. The molecule has 0 atom stereocenters. The molecular weight excluding hydrogens is 473 g/mol. The van der Waals surface area contributed by atoms with Gasteiger partial charge >= 0.3 is 0 Å². The Bertz CT molecular complexity index is 847. The molecule has 0 aliphatic carbocycles. The van der Waals surface area contributed by atoms with E-state index >= 15 is 0 Å². The molecule has 2 aromatic heterocycles. The van der Waals surface area contributed by atoms with E-state index in [-0.39, 0.29) is 24.0 Å². The Hall–Kier alpha value is -1.94. The van der Waals surface area contributed by atoms with Crippen LogP contribution in [0.3, 0.4) is 0 Å².